The maximum Gasteiger partial charge on any atom is 0.0889 e. The number of aromatic nitrogens is 4. The van der Waals surface area contributed by atoms with Gasteiger partial charge in [-0.3, -0.25) is 19.9 Å². The Hall–Kier alpha value is -3.40. The molecule has 2 fully saturated rings. The van der Waals surface area contributed by atoms with Crippen molar-refractivity contribution in [3.63, 3.8) is 0 Å². The van der Waals surface area contributed by atoms with Crippen molar-refractivity contribution in [2.75, 3.05) is 0 Å². The molecule has 0 N–H and O–H groups in total. The van der Waals surface area contributed by atoms with Crippen LogP contribution in [0.5, 0.6) is 0 Å². The van der Waals surface area contributed by atoms with Gasteiger partial charge in [0.2, 0.25) is 0 Å². The van der Waals surface area contributed by atoms with E-state index in [-0.39, 0.29) is 0 Å². The first-order valence-electron chi connectivity index (χ1n) is 16.7. The first-order valence-corrected chi connectivity index (χ1v) is 16.7. The zero-order valence-electron chi connectivity index (χ0n) is 26.1. The van der Waals surface area contributed by atoms with E-state index in [4.69, 9.17) is 9.97 Å². The molecule has 0 spiro atoms. The molecule has 4 aromatic heterocycles. The fourth-order valence-electron chi connectivity index (χ4n) is 9.89. The van der Waals surface area contributed by atoms with Crippen LogP contribution in [-0.2, 0) is 0 Å². The topological polar surface area (TPSA) is 51.6 Å². The van der Waals surface area contributed by atoms with E-state index in [1.165, 1.54) is 56.1 Å². The Bertz CT molecular complexity index is 1520. The van der Waals surface area contributed by atoms with Crippen molar-refractivity contribution >= 4 is 0 Å². The molecule has 4 nitrogen and oxygen atoms in total. The van der Waals surface area contributed by atoms with E-state index in [1.54, 1.807) is 11.1 Å². The second-order valence-electron chi connectivity index (χ2n) is 15.1. The molecule has 220 valence electrons. The van der Waals surface area contributed by atoms with Gasteiger partial charge in [0.05, 0.1) is 22.8 Å². The average molecular weight is 569 g/mol. The van der Waals surface area contributed by atoms with Crippen LogP contribution in [0.1, 0.15) is 119 Å². The third-order valence-corrected chi connectivity index (χ3v) is 12.5. The molecular formula is C39H44N4. The molecule has 43 heavy (non-hydrogen) atoms. The SMILES string of the molecule is CC1(C)C2C[C@H]1[C@H](CCCCCC1c3cc(-c4ccccn4)ncc3[C@H]3C[C@@H]1C3(C)C)c1cc(-c3ccccn3)ncc12. The highest BCUT2D eigenvalue weighted by Crippen LogP contribution is 2.68. The van der Waals surface area contributed by atoms with Crippen LogP contribution in [0.3, 0.4) is 0 Å². The van der Waals surface area contributed by atoms with Gasteiger partial charge in [-0.1, -0.05) is 59.1 Å². The molecule has 6 aliphatic rings. The number of hydrogen-bond acceptors (Lipinski definition) is 4. The molecule has 0 aromatic carbocycles. The zero-order chi connectivity index (χ0) is 29.3. The lowest BCUT2D eigenvalue weighted by Crippen LogP contribution is -2.50. The molecule has 6 aliphatic carbocycles. The molecule has 4 heteroatoms. The third-order valence-electron chi connectivity index (χ3n) is 12.5. The second-order valence-corrected chi connectivity index (χ2v) is 15.1. The van der Waals surface area contributed by atoms with Gasteiger partial charge in [0.1, 0.15) is 0 Å². The monoisotopic (exact) mass is 568 g/mol. The lowest BCUT2D eigenvalue weighted by Gasteiger charge is -2.61. The highest BCUT2D eigenvalue weighted by Gasteiger charge is 2.57. The van der Waals surface area contributed by atoms with Gasteiger partial charge in [-0.05, 0) is 131 Å². The van der Waals surface area contributed by atoms with Gasteiger partial charge < -0.3 is 0 Å². The minimum atomic E-state index is 0.378. The van der Waals surface area contributed by atoms with Crippen molar-refractivity contribution in [2.24, 2.45) is 22.7 Å². The lowest BCUT2D eigenvalue weighted by molar-refractivity contribution is -0.0104. The first-order chi connectivity index (χ1) is 20.8. The van der Waals surface area contributed by atoms with Gasteiger partial charge in [-0.25, -0.2) is 0 Å². The van der Waals surface area contributed by atoms with Gasteiger partial charge in [0.15, 0.2) is 0 Å². The Labute approximate surface area is 256 Å². The van der Waals surface area contributed by atoms with Crippen LogP contribution in [0, 0.1) is 22.7 Å². The zero-order valence-corrected chi connectivity index (χ0v) is 26.1. The van der Waals surface area contributed by atoms with Crippen LogP contribution in [0.25, 0.3) is 22.8 Å². The van der Waals surface area contributed by atoms with Crippen molar-refractivity contribution in [3.05, 3.63) is 95.6 Å². The number of rotatable bonds is 8. The Morgan fingerprint density at radius 1 is 0.558 bits per heavy atom. The van der Waals surface area contributed by atoms with Gasteiger partial charge in [0.25, 0.3) is 0 Å². The van der Waals surface area contributed by atoms with Crippen LogP contribution in [-0.4, -0.2) is 19.9 Å². The van der Waals surface area contributed by atoms with Crippen LogP contribution >= 0.6 is 0 Å². The molecule has 4 bridgehead atoms. The average Bonchev–Trinajstić information content (AvgIpc) is 3.04. The Morgan fingerprint density at radius 3 is 1.42 bits per heavy atom. The third kappa shape index (κ3) is 4.23. The van der Waals surface area contributed by atoms with E-state index in [2.05, 4.69) is 86.5 Å². The molecular weight excluding hydrogens is 524 g/mol. The summed E-state index contributed by atoms with van der Waals surface area (Å²) < 4.78 is 0. The minimum absolute atomic E-state index is 0.378. The maximum atomic E-state index is 4.89. The summed E-state index contributed by atoms with van der Waals surface area (Å²) in [5, 5.41) is 0. The molecule has 0 amide bonds. The quantitative estimate of drug-likeness (QED) is 0.199. The largest absolute Gasteiger partial charge is 0.255 e. The second kappa shape index (κ2) is 10.1. The molecule has 4 aromatic rings. The van der Waals surface area contributed by atoms with Gasteiger partial charge in [-0.2, -0.15) is 0 Å². The summed E-state index contributed by atoms with van der Waals surface area (Å²) in [6, 6.07) is 17.0. The van der Waals surface area contributed by atoms with E-state index < -0.39 is 0 Å². The van der Waals surface area contributed by atoms with Gasteiger partial charge in [0, 0.05) is 24.8 Å². The normalized spacial score (nSPS) is 28.7. The van der Waals surface area contributed by atoms with E-state index in [0.717, 1.165) is 34.6 Å². The molecule has 0 saturated heterocycles. The molecule has 6 atom stereocenters. The summed E-state index contributed by atoms with van der Waals surface area (Å²) in [7, 11) is 0. The van der Waals surface area contributed by atoms with Crippen molar-refractivity contribution in [1.82, 2.24) is 19.9 Å². The molecule has 4 heterocycles. The van der Waals surface area contributed by atoms with E-state index in [0.29, 0.717) is 34.5 Å². The summed E-state index contributed by atoms with van der Waals surface area (Å²) >= 11 is 0. The molecule has 2 unspecified atom stereocenters. The van der Waals surface area contributed by atoms with E-state index in [9.17, 15) is 0 Å². The molecule has 0 aliphatic heterocycles. The van der Waals surface area contributed by atoms with E-state index in [1.807, 2.05) is 24.5 Å². The fraction of sp³-hybridized carbons (Fsp3) is 0.487. The number of unbranched alkanes of at least 4 members (excludes halogenated alkanes) is 2. The van der Waals surface area contributed by atoms with Crippen molar-refractivity contribution in [3.8, 4) is 22.8 Å². The van der Waals surface area contributed by atoms with Crippen molar-refractivity contribution in [2.45, 2.75) is 96.3 Å². The Balaban J connectivity index is 0.978. The highest BCUT2D eigenvalue weighted by molar-refractivity contribution is 5.59. The number of hydrogen-bond donors (Lipinski definition) is 0. The number of nitrogens with zero attached hydrogens (tertiary/aromatic N) is 4. The van der Waals surface area contributed by atoms with Crippen LogP contribution in [0.2, 0.25) is 0 Å². The Morgan fingerprint density at radius 2 is 1.02 bits per heavy atom. The van der Waals surface area contributed by atoms with Gasteiger partial charge >= 0.3 is 0 Å². The summed E-state index contributed by atoms with van der Waals surface area (Å²) in [4.78, 5) is 19.0. The summed E-state index contributed by atoms with van der Waals surface area (Å²) in [5.74, 6) is 4.13. The molecule has 2 saturated carbocycles. The Kier molecular flexibility index (Phi) is 6.37. The minimum Gasteiger partial charge on any atom is -0.255 e. The van der Waals surface area contributed by atoms with Crippen LogP contribution in [0.15, 0.2) is 73.3 Å². The summed E-state index contributed by atoms with van der Waals surface area (Å²) in [6.45, 7) is 9.99. The number of pyridine rings is 4. The van der Waals surface area contributed by atoms with Crippen LogP contribution in [0.4, 0.5) is 0 Å². The first kappa shape index (κ1) is 27.2. The molecule has 10 rings (SSSR count). The van der Waals surface area contributed by atoms with Gasteiger partial charge in [-0.15, -0.1) is 0 Å². The van der Waals surface area contributed by atoms with Crippen molar-refractivity contribution < 1.29 is 0 Å². The van der Waals surface area contributed by atoms with E-state index >= 15 is 0 Å². The fourth-order valence-corrected chi connectivity index (χ4v) is 9.89. The lowest BCUT2D eigenvalue weighted by atomic mass is 9.43. The smallest absolute Gasteiger partial charge is 0.0889 e. The van der Waals surface area contributed by atoms with Crippen LogP contribution < -0.4 is 0 Å². The highest BCUT2D eigenvalue weighted by atomic mass is 14.8. The van der Waals surface area contributed by atoms with Crippen molar-refractivity contribution in [1.29, 1.82) is 0 Å². The summed E-state index contributed by atoms with van der Waals surface area (Å²) in [5.41, 5.74) is 10.9. The predicted molar refractivity (Wildman–Crippen MR) is 173 cm³/mol. The predicted octanol–water partition coefficient (Wildman–Crippen LogP) is 9.71. The molecule has 0 radical (unpaired) electrons. The standard InChI is InChI=1S/C39H44N4/c1-38(2)30-20-32(38)28-22-42-36(34-14-8-10-16-40-34)18-26(28)24(30)12-6-5-7-13-25-27-19-37(35-15-9-11-17-41-35)43-23-29(27)33-21-31(25)39(33,3)4/h8-11,14-19,22-25,30-33H,5-7,12-13,20-21H2,1-4H3/t24-,25?,30+,31+,32?,33-/m1/s1. The maximum absolute atomic E-state index is 4.89. The summed E-state index contributed by atoms with van der Waals surface area (Å²) in [6.07, 6.45) is 17.3.